The van der Waals surface area contributed by atoms with Gasteiger partial charge in [0.2, 0.25) is 9.84 Å². The summed E-state index contributed by atoms with van der Waals surface area (Å²) in [6.07, 6.45) is -0.426. The molecule has 0 saturated heterocycles. The van der Waals surface area contributed by atoms with Gasteiger partial charge in [-0.2, -0.15) is 0 Å². The minimum absolute atomic E-state index is 0.0408. The highest BCUT2D eigenvalue weighted by Crippen LogP contribution is 2.25. The van der Waals surface area contributed by atoms with Crippen molar-refractivity contribution in [2.75, 3.05) is 5.32 Å². The Labute approximate surface area is 189 Å². The van der Waals surface area contributed by atoms with Crippen LogP contribution in [0.25, 0.3) is 5.57 Å². The van der Waals surface area contributed by atoms with Crippen LogP contribution in [0.5, 0.6) is 0 Å². The highest BCUT2D eigenvalue weighted by molar-refractivity contribution is 7.91. The number of halogens is 1. The second-order valence-electron chi connectivity index (χ2n) is 7.77. The number of aromatic nitrogens is 2. The largest absolute Gasteiger partial charge is 0.481 e. The number of carboxylic acid groups (broad SMARTS) is 1. The zero-order valence-electron chi connectivity index (χ0n) is 18.1. The van der Waals surface area contributed by atoms with Gasteiger partial charge in [-0.1, -0.05) is 0 Å². The van der Waals surface area contributed by atoms with E-state index in [0.29, 0.717) is 17.3 Å². The van der Waals surface area contributed by atoms with Gasteiger partial charge in [-0.05, 0) is 62.7 Å². The average molecular weight is 469 g/mol. The molecule has 0 fully saturated rings. The van der Waals surface area contributed by atoms with Crippen molar-refractivity contribution in [3.8, 4) is 0 Å². The predicted molar refractivity (Wildman–Crippen MR) is 119 cm³/mol. The van der Waals surface area contributed by atoms with Gasteiger partial charge in [0.15, 0.2) is 0 Å². The maximum atomic E-state index is 14.9. The van der Waals surface area contributed by atoms with Crippen molar-refractivity contribution in [1.29, 1.82) is 0 Å². The molecule has 2 aromatic carbocycles. The number of aliphatic carboxylic acids is 1. The van der Waals surface area contributed by atoms with Crippen LogP contribution in [0.2, 0.25) is 0 Å². The molecule has 10 heteroatoms. The molecule has 0 aliphatic carbocycles. The molecule has 0 bridgehead atoms. The first kappa shape index (κ1) is 22.5. The van der Waals surface area contributed by atoms with E-state index in [1.54, 1.807) is 32.0 Å². The third-order valence-electron chi connectivity index (χ3n) is 5.26. The second kappa shape index (κ2) is 8.36. The summed E-state index contributed by atoms with van der Waals surface area (Å²) in [5.41, 5.74) is 1.64. The Morgan fingerprint density at radius 2 is 1.82 bits per heavy atom. The first-order valence-electron chi connectivity index (χ1n) is 10.1. The summed E-state index contributed by atoms with van der Waals surface area (Å²) in [4.78, 5) is 23.5. The number of aryl methyl sites for hydroxylation is 2. The highest BCUT2D eigenvalue weighted by Gasteiger charge is 2.29. The number of hydrogen-bond acceptors (Lipinski definition) is 7. The quantitative estimate of drug-likeness (QED) is 0.570. The van der Waals surface area contributed by atoms with E-state index >= 15 is 0 Å². The summed E-state index contributed by atoms with van der Waals surface area (Å²) in [5, 5.41) is 12.7. The lowest BCUT2D eigenvalue weighted by molar-refractivity contribution is -0.135. The molecule has 1 unspecified atom stereocenters. The fourth-order valence-corrected chi connectivity index (χ4v) is 5.45. The molecule has 2 N–H and O–H groups in total. The van der Waals surface area contributed by atoms with E-state index in [2.05, 4.69) is 20.3 Å². The van der Waals surface area contributed by atoms with E-state index in [1.807, 2.05) is 6.92 Å². The van der Waals surface area contributed by atoms with Gasteiger partial charge in [-0.15, -0.1) is 0 Å². The van der Waals surface area contributed by atoms with E-state index in [1.165, 1.54) is 18.2 Å². The smallest absolute Gasteiger partial charge is 0.307 e. The van der Waals surface area contributed by atoms with Crippen LogP contribution in [0, 0.1) is 19.7 Å². The SMILES string of the molecule is Cc1cc(Nc2ccc(S(=O)(=O)c3c(F)ccc4c3=C(CC(=O)O)C(C)N=4)cc2)nc(C)n1. The minimum atomic E-state index is -4.29. The number of anilines is 2. The Morgan fingerprint density at radius 1 is 1.12 bits per heavy atom. The van der Waals surface area contributed by atoms with Crippen LogP contribution >= 0.6 is 0 Å². The van der Waals surface area contributed by atoms with E-state index in [0.717, 1.165) is 11.8 Å². The molecule has 170 valence electrons. The van der Waals surface area contributed by atoms with Crippen LogP contribution < -0.4 is 15.9 Å². The van der Waals surface area contributed by atoms with Gasteiger partial charge in [-0.3, -0.25) is 9.79 Å². The fourth-order valence-electron chi connectivity index (χ4n) is 3.89. The number of fused-ring (bicyclic) bond motifs is 1. The van der Waals surface area contributed by atoms with Crippen molar-refractivity contribution in [2.24, 2.45) is 4.99 Å². The molecule has 0 radical (unpaired) electrons. The van der Waals surface area contributed by atoms with Crippen molar-refractivity contribution < 1.29 is 22.7 Å². The van der Waals surface area contributed by atoms with Crippen LogP contribution in [0.15, 0.2) is 57.2 Å². The summed E-state index contributed by atoms with van der Waals surface area (Å²) in [6, 6.07) is 9.44. The number of benzene rings is 2. The van der Waals surface area contributed by atoms with Crippen molar-refractivity contribution in [2.45, 2.75) is 43.0 Å². The number of nitrogens with zero attached hydrogens (tertiary/aromatic N) is 3. The van der Waals surface area contributed by atoms with Crippen LogP contribution in [-0.2, 0) is 14.6 Å². The number of sulfone groups is 1. The van der Waals surface area contributed by atoms with Crippen LogP contribution in [0.4, 0.5) is 15.9 Å². The van der Waals surface area contributed by atoms with Gasteiger partial charge in [-0.25, -0.2) is 22.8 Å². The lowest BCUT2D eigenvalue weighted by Crippen LogP contribution is -2.32. The maximum absolute atomic E-state index is 14.9. The van der Waals surface area contributed by atoms with Gasteiger partial charge < -0.3 is 10.4 Å². The Kier molecular flexibility index (Phi) is 5.71. The normalized spacial score (nSPS) is 15.2. The molecule has 0 saturated carbocycles. The van der Waals surface area contributed by atoms with Crippen LogP contribution in [-0.4, -0.2) is 35.5 Å². The monoisotopic (exact) mass is 468 g/mol. The zero-order chi connectivity index (χ0) is 23.9. The molecule has 0 spiro atoms. The van der Waals surface area contributed by atoms with Crippen LogP contribution in [0.1, 0.15) is 24.9 Å². The number of hydrogen-bond donors (Lipinski definition) is 2. The number of carbonyl (C=O) groups is 1. The first-order valence-corrected chi connectivity index (χ1v) is 11.6. The van der Waals surface area contributed by atoms with Crippen molar-refractivity contribution >= 4 is 32.9 Å². The summed E-state index contributed by atoms with van der Waals surface area (Å²) in [7, 11) is -4.29. The molecular formula is C23H21FN4O4S. The number of carboxylic acids is 1. The topological polar surface area (TPSA) is 122 Å². The Morgan fingerprint density at radius 3 is 2.45 bits per heavy atom. The number of nitrogens with one attached hydrogen (secondary N) is 1. The Bertz CT molecular complexity index is 1480. The van der Waals surface area contributed by atoms with Gasteiger partial charge in [0.25, 0.3) is 0 Å². The predicted octanol–water partition coefficient (Wildman–Crippen LogP) is 2.46. The summed E-state index contributed by atoms with van der Waals surface area (Å²) < 4.78 is 41.8. The minimum Gasteiger partial charge on any atom is -0.481 e. The van der Waals surface area contributed by atoms with E-state index < -0.39 is 39.0 Å². The van der Waals surface area contributed by atoms with Crippen LogP contribution in [0.3, 0.4) is 0 Å². The third-order valence-corrected chi connectivity index (χ3v) is 7.09. The number of rotatable bonds is 6. The lowest BCUT2D eigenvalue weighted by Gasteiger charge is -2.11. The molecule has 1 atom stereocenters. The molecule has 0 amide bonds. The van der Waals surface area contributed by atoms with E-state index in [9.17, 15) is 22.7 Å². The second-order valence-corrected chi connectivity index (χ2v) is 9.65. The zero-order valence-corrected chi connectivity index (χ0v) is 18.9. The summed E-state index contributed by atoms with van der Waals surface area (Å²) >= 11 is 0. The molecule has 8 nitrogen and oxygen atoms in total. The molecule has 33 heavy (non-hydrogen) atoms. The summed E-state index contributed by atoms with van der Waals surface area (Å²) in [6.45, 7) is 5.26. The van der Waals surface area contributed by atoms with Crippen molar-refractivity contribution in [3.63, 3.8) is 0 Å². The van der Waals surface area contributed by atoms with Crippen molar-refractivity contribution in [1.82, 2.24) is 9.97 Å². The van der Waals surface area contributed by atoms with Gasteiger partial charge >= 0.3 is 5.97 Å². The van der Waals surface area contributed by atoms with Gasteiger partial charge in [0, 0.05) is 22.7 Å². The molecular weight excluding hydrogens is 447 g/mol. The molecule has 1 aromatic heterocycles. The average Bonchev–Trinajstić information content (AvgIpc) is 3.02. The molecule has 1 aliphatic heterocycles. The van der Waals surface area contributed by atoms with Gasteiger partial charge in [0.1, 0.15) is 22.4 Å². The molecule has 2 heterocycles. The highest BCUT2D eigenvalue weighted by atomic mass is 32.2. The standard InChI is InChI=1S/C23H21FN4O4S/c1-12-10-20(27-14(3)25-12)28-15-4-6-16(7-5-15)33(31,32)23-18(24)8-9-19-22(23)17(11-21(29)30)13(2)26-19/h4-10,13H,11H2,1-3H3,(H,29,30)(H,25,27,28). The summed E-state index contributed by atoms with van der Waals surface area (Å²) in [5.74, 6) is -0.933. The fraction of sp³-hybridized carbons (Fsp3) is 0.217. The van der Waals surface area contributed by atoms with E-state index in [-0.39, 0.29) is 21.0 Å². The Balaban J connectivity index is 1.78. The molecule has 3 aromatic rings. The Hall–Kier alpha value is -3.66. The first-order chi connectivity index (χ1) is 15.6. The van der Waals surface area contributed by atoms with E-state index in [4.69, 9.17) is 0 Å². The molecule has 1 aliphatic rings. The maximum Gasteiger partial charge on any atom is 0.307 e. The molecule has 4 rings (SSSR count). The van der Waals surface area contributed by atoms with Crippen molar-refractivity contribution in [3.05, 3.63) is 70.4 Å². The van der Waals surface area contributed by atoms with Gasteiger partial charge in [0.05, 0.1) is 22.7 Å². The third kappa shape index (κ3) is 4.34. The lowest BCUT2D eigenvalue weighted by atomic mass is 10.0.